The van der Waals surface area contributed by atoms with Crippen molar-refractivity contribution >= 4 is 17.6 Å². The second-order valence-electron chi connectivity index (χ2n) is 9.04. The van der Waals surface area contributed by atoms with Gasteiger partial charge in [-0.15, -0.1) is 0 Å². The number of pyridine rings is 1. The van der Waals surface area contributed by atoms with Crippen molar-refractivity contribution in [2.45, 2.75) is 45.8 Å². The smallest absolute Gasteiger partial charge is 0.355 e. The summed E-state index contributed by atoms with van der Waals surface area (Å²) in [4.78, 5) is 33.9. The number of hydrogen-bond donors (Lipinski definition) is 1. The van der Waals surface area contributed by atoms with Crippen LogP contribution in [0.4, 0.5) is 19.0 Å². The van der Waals surface area contributed by atoms with E-state index in [0.717, 1.165) is 17.8 Å². The molecule has 6 nitrogen and oxygen atoms in total. The van der Waals surface area contributed by atoms with E-state index in [4.69, 9.17) is 0 Å². The fourth-order valence-electron chi connectivity index (χ4n) is 4.08. The summed E-state index contributed by atoms with van der Waals surface area (Å²) in [5.41, 5.74) is 0.591. The second kappa shape index (κ2) is 10.9. The van der Waals surface area contributed by atoms with Crippen molar-refractivity contribution in [2.75, 3.05) is 31.1 Å². The minimum absolute atomic E-state index is 0.141. The third kappa shape index (κ3) is 6.48. The first-order chi connectivity index (χ1) is 16.1. The molecule has 2 heterocycles. The molecule has 9 heteroatoms. The van der Waals surface area contributed by atoms with E-state index >= 15 is 0 Å². The van der Waals surface area contributed by atoms with E-state index in [2.05, 4.69) is 10.3 Å². The van der Waals surface area contributed by atoms with E-state index in [1.807, 2.05) is 37.8 Å². The molecule has 1 aromatic heterocycles. The third-order valence-electron chi connectivity index (χ3n) is 5.91. The predicted octanol–water partition coefficient (Wildman–Crippen LogP) is 4.29. The Balaban J connectivity index is 1.68. The summed E-state index contributed by atoms with van der Waals surface area (Å²) in [7, 11) is 0. The van der Waals surface area contributed by atoms with Crippen LogP contribution in [-0.2, 0) is 11.0 Å². The fourth-order valence-corrected chi connectivity index (χ4v) is 4.08. The molecule has 1 saturated heterocycles. The third-order valence-corrected chi connectivity index (χ3v) is 5.91. The largest absolute Gasteiger partial charge is 0.417 e. The van der Waals surface area contributed by atoms with E-state index in [1.54, 1.807) is 17.0 Å². The van der Waals surface area contributed by atoms with Gasteiger partial charge in [0.15, 0.2) is 0 Å². The van der Waals surface area contributed by atoms with Gasteiger partial charge in [-0.3, -0.25) is 9.59 Å². The molecule has 0 radical (unpaired) electrons. The summed E-state index contributed by atoms with van der Waals surface area (Å²) in [5, 5.41) is 2.92. The lowest BCUT2D eigenvalue weighted by atomic mass is 10.0. The highest BCUT2D eigenvalue weighted by Gasteiger charge is 2.32. The SMILES string of the molecule is Cc1ccccc1C(=O)NC(CC(C)C)C(=O)N1CCCN(c2ccc(C(F)(F)F)cn2)CC1. The highest BCUT2D eigenvalue weighted by atomic mass is 19.4. The van der Waals surface area contributed by atoms with E-state index in [1.165, 1.54) is 6.07 Å². The number of carbonyl (C=O) groups excluding carboxylic acids is 2. The Morgan fingerprint density at radius 2 is 1.79 bits per heavy atom. The van der Waals surface area contributed by atoms with Gasteiger partial charge in [0.2, 0.25) is 5.91 Å². The van der Waals surface area contributed by atoms with E-state index in [0.29, 0.717) is 50.4 Å². The molecule has 1 unspecified atom stereocenters. The van der Waals surface area contributed by atoms with Gasteiger partial charge in [-0.05, 0) is 49.4 Å². The van der Waals surface area contributed by atoms with Crippen LogP contribution in [0.15, 0.2) is 42.6 Å². The van der Waals surface area contributed by atoms with Crippen molar-refractivity contribution in [3.8, 4) is 0 Å². The molecule has 184 valence electrons. The maximum atomic E-state index is 13.4. The van der Waals surface area contributed by atoms with Crippen LogP contribution in [0, 0.1) is 12.8 Å². The summed E-state index contributed by atoms with van der Waals surface area (Å²) < 4.78 is 38.5. The summed E-state index contributed by atoms with van der Waals surface area (Å²) in [6, 6.07) is 8.98. The van der Waals surface area contributed by atoms with Crippen molar-refractivity contribution in [3.63, 3.8) is 0 Å². The van der Waals surface area contributed by atoms with E-state index in [-0.39, 0.29) is 17.7 Å². The Kier molecular flexibility index (Phi) is 8.17. The maximum Gasteiger partial charge on any atom is 0.417 e. The van der Waals surface area contributed by atoms with Crippen LogP contribution in [0.3, 0.4) is 0 Å². The van der Waals surface area contributed by atoms with Gasteiger partial charge in [-0.1, -0.05) is 32.0 Å². The molecule has 0 saturated carbocycles. The molecule has 0 aliphatic carbocycles. The summed E-state index contributed by atoms with van der Waals surface area (Å²) >= 11 is 0. The molecule has 34 heavy (non-hydrogen) atoms. The normalized spacial score (nSPS) is 15.7. The standard InChI is InChI=1S/C25H31F3N4O2/c1-17(2)15-21(30-23(33)20-8-5-4-7-18(20)3)24(34)32-12-6-11-31(13-14-32)22-10-9-19(16-29-22)25(26,27)28/h4-5,7-10,16-17,21H,6,11-15H2,1-3H3,(H,30,33). The summed E-state index contributed by atoms with van der Waals surface area (Å²) in [6.45, 7) is 7.78. The number of hydrogen-bond acceptors (Lipinski definition) is 4. The topological polar surface area (TPSA) is 65.5 Å². The lowest BCUT2D eigenvalue weighted by molar-refractivity contribution is -0.138. The van der Waals surface area contributed by atoms with Crippen molar-refractivity contribution in [1.82, 2.24) is 15.2 Å². The number of aryl methyl sites for hydroxylation is 1. The number of halogens is 3. The Labute approximate surface area is 198 Å². The number of alkyl halides is 3. The van der Waals surface area contributed by atoms with Crippen molar-refractivity contribution < 1.29 is 22.8 Å². The predicted molar refractivity (Wildman–Crippen MR) is 125 cm³/mol. The van der Waals surface area contributed by atoms with Crippen molar-refractivity contribution in [3.05, 3.63) is 59.3 Å². The quantitative estimate of drug-likeness (QED) is 0.676. The zero-order valence-electron chi connectivity index (χ0n) is 19.7. The van der Waals surface area contributed by atoms with Crippen molar-refractivity contribution in [1.29, 1.82) is 0 Å². The zero-order chi connectivity index (χ0) is 24.9. The molecule has 1 atom stereocenters. The number of nitrogens with one attached hydrogen (secondary N) is 1. The van der Waals surface area contributed by atoms with Crippen LogP contribution in [0.5, 0.6) is 0 Å². The monoisotopic (exact) mass is 476 g/mol. The highest BCUT2D eigenvalue weighted by molar-refractivity contribution is 5.98. The number of amides is 2. The van der Waals surface area contributed by atoms with Gasteiger partial charge in [-0.2, -0.15) is 13.2 Å². The van der Waals surface area contributed by atoms with Gasteiger partial charge in [-0.25, -0.2) is 4.98 Å². The van der Waals surface area contributed by atoms with Gasteiger partial charge < -0.3 is 15.1 Å². The fraction of sp³-hybridized carbons (Fsp3) is 0.480. The maximum absolute atomic E-state index is 13.4. The first kappa shape index (κ1) is 25.5. The summed E-state index contributed by atoms with van der Waals surface area (Å²) in [5.74, 6) is 0.236. The molecule has 1 aromatic carbocycles. The number of nitrogens with zero attached hydrogens (tertiary/aromatic N) is 3. The molecule has 0 bridgehead atoms. The van der Waals surface area contributed by atoms with Gasteiger partial charge >= 0.3 is 6.18 Å². The molecular weight excluding hydrogens is 445 g/mol. The van der Waals surface area contributed by atoms with Gasteiger partial charge in [0, 0.05) is 37.9 Å². The van der Waals surface area contributed by atoms with Crippen LogP contribution in [0.1, 0.15) is 48.2 Å². The number of rotatable bonds is 6. The molecule has 1 aliphatic heterocycles. The first-order valence-corrected chi connectivity index (χ1v) is 11.5. The first-order valence-electron chi connectivity index (χ1n) is 11.5. The lowest BCUT2D eigenvalue weighted by Crippen LogP contribution is -2.50. The lowest BCUT2D eigenvalue weighted by Gasteiger charge is -2.28. The molecule has 1 N–H and O–H groups in total. The average molecular weight is 477 g/mol. The van der Waals surface area contributed by atoms with Crippen molar-refractivity contribution in [2.24, 2.45) is 5.92 Å². The number of aromatic nitrogens is 1. The Hall–Kier alpha value is -3.10. The zero-order valence-corrected chi connectivity index (χ0v) is 19.7. The van der Waals surface area contributed by atoms with Gasteiger partial charge in [0.05, 0.1) is 5.56 Å². The Morgan fingerprint density at radius 3 is 2.41 bits per heavy atom. The molecular formula is C25H31F3N4O2. The van der Waals surface area contributed by atoms with E-state index < -0.39 is 17.8 Å². The molecule has 0 spiro atoms. The molecule has 1 aliphatic rings. The summed E-state index contributed by atoms with van der Waals surface area (Å²) in [6.07, 6.45) is -2.43. The minimum atomic E-state index is -4.43. The number of benzene rings is 1. The highest BCUT2D eigenvalue weighted by Crippen LogP contribution is 2.29. The molecule has 3 rings (SSSR count). The van der Waals surface area contributed by atoms with Crippen LogP contribution < -0.4 is 10.2 Å². The van der Waals surface area contributed by atoms with Crippen LogP contribution >= 0.6 is 0 Å². The molecule has 2 amide bonds. The molecule has 1 fully saturated rings. The number of anilines is 1. The van der Waals surface area contributed by atoms with Crippen LogP contribution in [-0.4, -0.2) is 53.9 Å². The van der Waals surface area contributed by atoms with Crippen LogP contribution in [0.25, 0.3) is 0 Å². The van der Waals surface area contributed by atoms with Crippen LogP contribution in [0.2, 0.25) is 0 Å². The number of carbonyl (C=O) groups is 2. The molecule has 2 aromatic rings. The second-order valence-corrected chi connectivity index (χ2v) is 9.04. The minimum Gasteiger partial charge on any atom is -0.355 e. The van der Waals surface area contributed by atoms with E-state index in [9.17, 15) is 22.8 Å². The average Bonchev–Trinajstić information content (AvgIpc) is 3.04. The van der Waals surface area contributed by atoms with Gasteiger partial charge in [0.25, 0.3) is 5.91 Å². The Bertz CT molecular complexity index is 992. The van der Waals surface area contributed by atoms with Gasteiger partial charge in [0.1, 0.15) is 11.9 Å². The Morgan fingerprint density at radius 1 is 1.06 bits per heavy atom.